The second-order valence-electron chi connectivity index (χ2n) is 3.67. The molecule has 1 unspecified atom stereocenters. The van der Waals surface area contributed by atoms with E-state index in [0.717, 1.165) is 19.3 Å². The average molecular weight is 270 g/mol. The van der Waals surface area contributed by atoms with Gasteiger partial charge in [-0.25, -0.2) is 0 Å². The summed E-state index contributed by atoms with van der Waals surface area (Å²) in [6.45, 7) is 14.2. The lowest BCUT2D eigenvalue weighted by Crippen LogP contribution is -2.04. The molecule has 0 heterocycles. The molecular weight excluding hydrogens is 236 g/mol. The maximum absolute atomic E-state index is 10.6. The Kier molecular flexibility index (Phi) is 23.4. The lowest BCUT2D eigenvalue weighted by molar-refractivity contribution is -0.137. The van der Waals surface area contributed by atoms with E-state index in [4.69, 9.17) is 5.11 Å². The zero-order chi connectivity index (χ0) is 15.7. The Bertz CT molecular complexity index is 240. The minimum atomic E-state index is -0.719. The topological polar surface area (TPSA) is 37.3 Å². The molecular formula is C17H34O2. The Morgan fingerprint density at radius 3 is 1.95 bits per heavy atom. The first-order chi connectivity index (χ1) is 9.13. The van der Waals surface area contributed by atoms with Crippen LogP contribution in [0.25, 0.3) is 0 Å². The molecule has 0 bridgehead atoms. The van der Waals surface area contributed by atoms with Gasteiger partial charge in [0.05, 0.1) is 6.42 Å². The molecule has 0 saturated heterocycles. The van der Waals surface area contributed by atoms with E-state index in [9.17, 15) is 4.79 Å². The molecule has 0 radical (unpaired) electrons. The van der Waals surface area contributed by atoms with Gasteiger partial charge in [0.1, 0.15) is 0 Å². The maximum Gasteiger partial charge on any atom is 0.303 e. The summed E-state index contributed by atoms with van der Waals surface area (Å²) in [6.07, 6.45) is 9.43. The number of hydrogen-bond donors (Lipinski definition) is 1. The second-order valence-corrected chi connectivity index (χ2v) is 3.67. The predicted octanol–water partition coefficient (Wildman–Crippen LogP) is 5.84. The number of allylic oxidation sites excluding steroid dienone is 4. The van der Waals surface area contributed by atoms with Crippen LogP contribution in [0, 0.1) is 5.92 Å². The molecule has 0 fully saturated rings. The molecule has 0 rings (SSSR count). The molecule has 0 aliphatic carbocycles. The van der Waals surface area contributed by atoms with Crippen molar-refractivity contribution in [2.24, 2.45) is 5.92 Å². The van der Waals surface area contributed by atoms with Crippen LogP contribution in [0.5, 0.6) is 0 Å². The first-order valence-corrected chi connectivity index (χ1v) is 7.72. The molecule has 1 atom stereocenters. The third-order valence-corrected chi connectivity index (χ3v) is 2.42. The van der Waals surface area contributed by atoms with Gasteiger partial charge in [0, 0.05) is 0 Å². The lowest BCUT2D eigenvalue weighted by atomic mass is 10.00. The van der Waals surface area contributed by atoms with Crippen LogP contribution in [0.1, 0.15) is 74.1 Å². The van der Waals surface area contributed by atoms with Crippen molar-refractivity contribution in [2.75, 3.05) is 0 Å². The van der Waals surface area contributed by atoms with E-state index in [-0.39, 0.29) is 12.3 Å². The summed E-state index contributed by atoms with van der Waals surface area (Å²) in [6, 6.07) is 0. The van der Waals surface area contributed by atoms with Crippen LogP contribution in [0.15, 0.2) is 23.8 Å². The van der Waals surface area contributed by atoms with Gasteiger partial charge in [0.15, 0.2) is 0 Å². The Morgan fingerprint density at radius 2 is 1.63 bits per heavy atom. The highest BCUT2D eigenvalue weighted by Gasteiger charge is 2.06. The van der Waals surface area contributed by atoms with Gasteiger partial charge in [0.25, 0.3) is 0 Å². The van der Waals surface area contributed by atoms with Crippen molar-refractivity contribution in [3.63, 3.8) is 0 Å². The standard InChI is InChI=1S/C13H22O2.2C2H6/c1-4-7-11(5-2)8-9-12(6-3)10-13(14)15;2*1-2/h7-9,12H,4-6,10H2,1-3H3,(H,14,15);2*1-2H3/b9-8?,11-7-;;. The summed E-state index contributed by atoms with van der Waals surface area (Å²) in [5, 5.41) is 8.69. The molecule has 1 N–H and O–H groups in total. The third-order valence-electron chi connectivity index (χ3n) is 2.42. The van der Waals surface area contributed by atoms with Crippen molar-refractivity contribution in [3.8, 4) is 0 Å². The van der Waals surface area contributed by atoms with E-state index in [1.54, 1.807) is 0 Å². The van der Waals surface area contributed by atoms with E-state index in [2.05, 4.69) is 26.0 Å². The third kappa shape index (κ3) is 16.9. The van der Waals surface area contributed by atoms with Gasteiger partial charge in [-0.3, -0.25) is 4.79 Å². The smallest absolute Gasteiger partial charge is 0.303 e. The van der Waals surface area contributed by atoms with Crippen molar-refractivity contribution >= 4 is 5.97 Å². The second kappa shape index (κ2) is 19.3. The number of aliphatic carboxylic acids is 1. The quantitative estimate of drug-likeness (QED) is 0.590. The van der Waals surface area contributed by atoms with Crippen molar-refractivity contribution in [1.29, 1.82) is 0 Å². The molecule has 0 aromatic carbocycles. The van der Waals surface area contributed by atoms with Crippen molar-refractivity contribution in [1.82, 2.24) is 0 Å². The van der Waals surface area contributed by atoms with Crippen LogP contribution in [0.4, 0.5) is 0 Å². The van der Waals surface area contributed by atoms with Gasteiger partial charge in [-0.15, -0.1) is 0 Å². The van der Waals surface area contributed by atoms with Gasteiger partial charge in [-0.2, -0.15) is 0 Å². The molecule has 0 aromatic rings. The van der Waals surface area contributed by atoms with Crippen molar-refractivity contribution in [3.05, 3.63) is 23.8 Å². The largest absolute Gasteiger partial charge is 0.481 e. The molecule has 2 heteroatoms. The van der Waals surface area contributed by atoms with E-state index >= 15 is 0 Å². The van der Waals surface area contributed by atoms with Gasteiger partial charge >= 0.3 is 5.97 Å². The molecule has 19 heavy (non-hydrogen) atoms. The highest BCUT2D eigenvalue weighted by molar-refractivity contribution is 5.67. The molecule has 0 saturated carbocycles. The zero-order valence-corrected chi connectivity index (χ0v) is 14.0. The normalized spacial score (nSPS) is 12.1. The fourth-order valence-electron chi connectivity index (χ4n) is 1.42. The van der Waals surface area contributed by atoms with Crippen molar-refractivity contribution < 1.29 is 9.90 Å². The Hall–Kier alpha value is -1.05. The molecule has 0 spiro atoms. The minimum absolute atomic E-state index is 0.161. The van der Waals surface area contributed by atoms with Gasteiger partial charge in [-0.1, -0.05) is 72.3 Å². The summed E-state index contributed by atoms with van der Waals surface area (Å²) in [5.74, 6) is -0.557. The molecule has 2 nitrogen and oxygen atoms in total. The summed E-state index contributed by atoms with van der Waals surface area (Å²) in [4.78, 5) is 10.6. The van der Waals surface area contributed by atoms with Crippen LogP contribution >= 0.6 is 0 Å². The highest BCUT2D eigenvalue weighted by Crippen LogP contribution is 2.13. The summed E-state index contributed by atoms with van der Waals surface area (Å²) >= 11 is 0. The molecule has 0 amide bonds. The minimum Gasteiger partial charge on any atom is -0.481 e. The lowest BCUT2D eigenvalue weighted by Gasteiger charge is -2.06. The molecule has 114 valence electrons. The summed E-state index contributed by atoms with van der Waals surface area (Å²) < 4.78 is 0. The summed E-state index contributed by atoms with van der Waals surface area (Å²) in [7, 11) is 0. The SMILES string of the molecule is CC.CC.CC/C=C(\C=CC(CC)CC(=O)O)CC. The Labute approximate surface area is 120 Å². The average Bonchev–Trinajstić information content (AvgIpc) is 2.45. The molecule has 0 aliphatic heterocycles. The van der Waals surface area contributed by atoms with Crippen molar-refractivity contribution in [2.45, 2.75) is 74.1 Å². The van der Waals surface area contributed by atoms with E-state index < -0.39 is 5.97 Å². The number of carbonyl (C=O) groups is 1. The first kappa shape index (κ1) is 23.1. The van der Waals surface area contributed by atoms with Crippen LogP contribution in [0.2, 0.25) is 0 Å². The predicted molar refractivity (Wildman–Crippen MR) is 86.5 cm³/mol. The fourth-order valence-corrected chi connectivity index (χ4v) is 1.42. The monoisotopic (exact) mass is 270 g/mol. The van der Waals surface area contributed by atoms with Crippen LogP contribution < -0.4 is 0 Å². The van der Waals surface area contributed by atoms with Crippen LogP contribution in [-0.2, 0) is 4.79 Å². The fraction of sp³-hybridized carbons (Fsp3) is 0.706. The molecule has 0 aliphatic rings. The first-order valence-electron chi connectivity index (χ1n) is 7.72. The van der Waals surface area contributed by atoms with Gasteiger partial charge in [0.2, 0.25) is 0 Å². The maximum atomic E-state index is 10.6. The van der Waals surface area contributed by atoms with Gasteiger partial charge < -0.3 is 5.11 Å². The number of carboxylic acid groups (broad SMARTS) is 1. The van der Waals surface area contributed by atoms with E-state index in [0.29, 0.717) is 0 Å². The zero-order valence-electron chi connectivity index (χ0n) is 14.0. The van der Waals surface area contributed by atoms with Crippen LogP contribution in [-0.4, -0.2) is 11.1 Å². The number of carboxylic acids is 1. The Morgan fingerprint density at radius 1 is 1.11 bits per heavy atom. The van der Waals surface area contributed by atoms with Crippen LogP contribution in [0.3, 0.4) is 0 Å². The molecule has 0 aromatic heterocycles. The van der Waals surface area contributed by atoms with E-state index in [1.807, 2.05) is 40.7 Å². The number of hydrogen-bond acceptors (Lipinski definition) is 1. The highest BCUT2D eigenvalue weighted by atomic mass is 16.4. The summed E-state index contributed by atoms with van der Waals surface area (Å²) in [5.41, 5.74) is 1.29. The Balaban J connectivity index is -0.000000579. The number of rotatable bonds is 7. The van der Waals surface area contributed by atoms with E-state index in [1.165, 1.54) is 5.57 Å². The van der Waals surface area contributed by atoms with Gasteiger partial charge in [-0.05, 0) is 25.2 Å².